The molecule has 0 heterocycles. The van der Waals surface area contributed by atoms with Gasteiger partial charge in [-0.1, -0.05) is 188 Å². The van der Waals surface area contributed by atoms with Crippen LogP contribution in [0.4, 0.5) is 0 Å². The third-order valence-electron chi connectivity index (χ3n) is 12.8. The molecule has 0 N–H and O–H groups in total. The molecule has 0 aliphatic carbocycles. The molecule has 1 unspecified atom stereocenters. The van der Waals surface area contributed by atoms with E-state index in [1.54, 1.807) is 0 Å². The second-order valence-electron chi connectivity index (χ2n) is 18.8. The lowest BCUT2D eigenvalue weighted by Crippen LogP contribution is -2.33. The van der Waals surface area contributed by atoms with Crippen molar-refractivity contribution >= 4 is 41.1 Å². The van der Waals surface area contributed by atoms with Gasteiger partial charge in [0, 0.05) is 19.3 Å². The maximum absolute atomic E-state index is 13.2. The van der Waals surface area contributed by atoms with Crippen molar-refractivity contribution in [3.8, 4) is 0 Å². The van der Waals surface area contributed by atoms with Gasteiger partial charge in [0.05, 0.1) is 6.16 Å². The highest BCUT2D eigenvalue weighted by molar-refractivity contribution is 7.95. The van der Waals surface area contributed by atoms with E-state index >= 15 is 0 Å². The molecule has 0 fully saturated rings. The van der Waals surface area contributed by atoms with Gasteiger partial charge in [-0.2, -0.15) is 0 Å². The molecule has 6 nitrogen and oxygen atoms in total. The van der Waals surface area contributed by atoms with Crippen LogP contribution in [-0.2, 0) is 28.6 Å². The van der Waals surface area contributed by atoms with Gasteiger partial charge in [0.1, 0.15) is 36.4 Å². The summed E-state index contributed by atoms with van der Waals surface area (Å²) in [4.78, 5) is 39.1. The Morgan fingerprint density at radius 3 is 1.17 bits per heavy atom. The molecule has 0 aromatic heterocycles. The van der Waals surface area contributed by atoms with Gasteiger partial charge < -0.3 is 14.2 Å². The number of esters is 3. The molecule has 0 spiro atoms. The number of unbranched alkanes of at least 4 members (excludes halogenated alkanes) is 20. The van der Waals surface area contributed by atoms with Gasteiger partial charge in [-0.05, 0) is 120 Å². The quantitative estimate of drug-likeness (QED) is 0.0185. The molecule has 0 saturated heterocycles. The highest BCUT2D eigenvalue weighted by Gasteiger charge is 2.44. The van der Waals surface area contributed by atoms with Gasteiger partial charge in [-0.3, -0.25) is 14.4 Å². The molecule has 7 heteroatoms. The van der Waals surface area contributed by atoms with Crippen molar-refractivity contribution in [2.45, 2.75) is 206 Å². The van der Waals surface area contributed by atoms with Crippen LogP contribution in [0.2, 0.25) is 0 Å². The van der Waals surface area contributed by atoms with Crippen molar-refractivity contribution < 1.29 is 28.6 Å². The van der Waals surface area contributed by atoms with E-state index in [2.05, 4.69) is 141 Å². The Kier molecular flexibility index (Phi) is 34.6. The van der Waals surface area contributed by atoms with Crippen molar-refractivity contribution in [2.24, 2.45) is 0 Å². The van der Waals surface area contributed by atoms with Gasteiger partial charge in [-0.15, -0.1) is 0 Å². The molecule has 0 radical (unpaired) electrons. The van der Waals surface area contributed by atoms with Crippen LogP contribution in [0.15, 0.2) is 127 Å². The fraction of sp³-hybridized carbons (Fsp3) is 0.565. The van der Waals surface area contributed by atoms with E-state index in [0.717, 1.165) is 89.6 Å². The lowest BCUT2D eigenvalue weighted by atomic mass is 10.1. The van der Waals surface area contributed by atoms with Crippen molar-refractivity contribution in [2.75, 3.05) is 19.4 Å². The normalized spacial score (nSPS) is 12.3. The third kappa shape index (κ3) is 27.6. The Bertz CT molecular complexity index is 1710. The van der Waals surface area contributed by atoms with Gasteiger partial charge >= 0.3 is 17.9 Å². The zero-order valence-electron chi connectivity index (χ0n) is 43.2. The van der Waals surface area contributed by atoms with E-state index in [-0.39, 0.29) is 44.0 Å². The van der Waals surface area contributed by atoms with Crippen LogP contribution in [0.25, 0.3) is 0 Å². The summed E-state index contributed by atoms with van der Waals surface area (Å²) in [5.74, 6) is -0.999. The van der Waals surface area contributed by atoms with Crippen LogP contribution < -0.4 is 15.9 Å². The number of carbonyl (C=O) groups is 3. The lowest BCUT2D eigenvalue weighted by molar-refractivity contribution is -0.167. The first-order valence-corrected chi connectivity index (χ1v) is 29.5. The average Bonchev–Trinajstić information content (AvgIpc) is 3.38. The van der Waals surface area contributed by atoms with E-state index < -0.39 is 13.4 Å². The molecular weight excluding hydrogens is 872 g/mol. The second-order valence-corrected chi connectivity index (χ2v) is 22.4. The molecule has 0 saturated carbocycles. The zero-order chi connectivity index (χ0) is 49.1. The summed E-state index contributed by atoms with van der Waals surface area (Å²) in [6, 6.07) is 32.3. The Balaban J connectivity index is 1.43. The number of allylic oxidation sites excluding steroid dienone is 6. The van der Waals surface area contributed by atoms with Crippen LogP contribution in [0.1, 0.15) is 200 Å². The molecule has 69 heavy (non-hydrogen) atoms. The van der Waals surface area contributed by atoms with E-state index in [0.29, 0.717) is 12.8 Å². The van der Waals surface area contributed by atoms with Crippen LogP contribution in [0.5, 0.6) is 0 Å². The third-order valence-corrected chi connectivity index (χ3v) is 17.4. The molecule has 3 rings (SSSR count). The fourth-order valence-electron chi connectivity index (χ4n) is 8.80. The molecule has 1 atom stereocenters. The summed E-state index contributed by atoms with van der Waals surface area (Å²) in [6.45, 7) is 4.24. The molecule has 0 bridgehead atoms. The smallest absolute Gasteiger partial charge is 0.306 e. The maximum Gasteiger partial charge on any atom is 0.306 e. The van der Waals surface area contributed by atoms with Gasteiger partial charge in [0.25, 0.3) is 0 Å². The van der Waals surface area contributed by atoms with Crippen LogP contribution in [-0.4, -0.2) is 43.4 Å². The Morgan fingerprint density at radius 1 is 0.406 bits per heavy atom. The summed E-state index contributed by atoms with van der Waals surface area (Å²) in [5, 5.41) is 3.96. The minimum atomic E-state index is -2.00. The molecular formula is C62H92O6P+. The number of ether oxygens (including phenoxy) is 3. The Morgan fingerprint density at radius 2 is 0.739 bits per heavy atom. The molecule has 380 valence electrons. The van der Waals surface area contributed by atoms with Crippen LogP contribution in [0.3, 0.4) is 0 Å². The van der Waals surface area contributed by atoms with Crippen molar-refractivity contribution in [3.63, 3.8) is 0 Å². The number of hydrogen-bond donors (Lipinski definition) is 0. The first-order valence-electron chi connectivity index (χ1n) is 27.5. The zero-order valence-corrected chi connectivity index (χ0v) is 44.1. The topological polar surface area (TPSA) is 78.9 Å². The summed E-state index contributed by atoms with van der Waals surface area (Å²) in [7, 11) is -2.00. The van der Waals surface area contributed by atoms with Gasteiger partial charge in [-0.25, -0.2) is 0 Å². The molecule has 0 amide bonds. The maximum atomic E-state index is 13.2. The predicted octanol–water partition coefficient (Wildman–Crippen LogP) is 16.0. The minimum Gasteiger partial charge on any atom is -0.462 e. The minimum absolute atomic E-state index is 0.122. The number of rotatable bonds is 42. The second kappa shape index (κ2) is 40.4. The number of benzene rings is 3. The van der Waals surface area contributed by atoms with Gasteiger partial charge in [0.15, 0.2) is 6.10 Å². The molecule has 0 aliphatic rings. The van der Waals surface area contributed by atoms with E-state index in [4.69, 9.17) is 14.2 Å². The number of carbonyl (C=O) groups excluding carboxylic acids is 3. The standard InChI is InChI=1S/C62H92O6P/c1-3-5-7-9-11-13-15-17-19-21-23-25-27-29-40-50-60(63)66-54-56(68-62(65)52-41-30-28-26-24-22-20-18-16-14-12-10-8-6-4-2)55-67-61(64)51-42-43-53-69(57-44-34-31-35-45-57,58-46-36-32-37-47-58)59-48-38-33-39-49-59/h12,14,17-20,31-39,44-49,56H,3-11,13,15-16,21-30,40-43,50-55H2,1-2H3/q+1/b14-12-,19-17-,20-18-. The summed E-state index contributed by atoms with van der Waals surface area (Å²) < 4.78 is 17.2. The average molecular weight is 964 g/mol. The molecule has 0 aliphatic heterocycles. The van der Waals surface area contributed by atoms with E-state index in [1.165, 1.54) is 93.0 Å². The molecule has 3 aromatic carbocycles. The van der Waals surface area contributed by atoms with Crippen molar-refractivity contribution in [3.05, 3.63) is 127 Å². The SMILES string of the molecule is CCCCC/C=C\C/C=C\CCCCCCCC(=O)OC(COC(=O)CCCCCCC/C=C\CCCCCCCC)COC(=O)CCCC[P+](c1ccccc1)(c1ccccc1)c1ccccc1. The Hall–Kier alpha value is -4.28. The monoisotopic (exact) mass is 964 g/mol. The lowest BCUT2D eigenvalue weighted by Gasteiger charge is -2.27. The van der Waals surface area contributed by atoms with Crippen LogP contribution >= 0.6 is 7.26 Å². The largest absolute Gasteiger partial charge is 0.462 e. The number of hydrogen-bond acceptors (Lipinski definition) is 6. The van der Waals surface area contributed by atoms with E-state index in [9.17, 15) is 14.4 Å². The molecule has 3 aromatic rings. The van der Waals surface area contributed by atoms with Gasteiger partial charge in [0.2, 0.25) is 0 Å². The highest BCUT2D eigenvalue weighted by Crippen LogP contribution is 2.56. The first kappa shape index (κ1) is 59.0. The first-order chi connectivity index (χ1) is 34.0. The summed E-state index contributed by atoms with van der Waals surface area (Å²) >= 11 is 0. The van der Waals surface area contributed by atoms with E-state index in [1.807, 2.05) is 0 Å². The fourth-order valence-corrected chi connectivity index (χ4v) is 13.2. The van der Waals surface area contributed by atoms with Crippen molar-refractivity contribution in [1.82, 2.24) is 0 Å². The highest BCUT2D eigenvalue weighted by atomic mass is 31.2. The van der Waals surface area contributed by atoms with Crippen LogP contribution in [0, 0.1) is 0 Å². The van der Waals surface area contributed by atoms with Crippen molar-refractivity contribution in [1.29, 1.82) is 0 Å². The summed E-state index contributed by atoms with van der Waals surface area (Å²) in [6.07, 6.45) is 43.9. The summed E-state index contributed by atoms with van der Waals surface area (Å²) in [5.41, 5.74) is 0. The Labute approximate surface area is 420 Å². The predicted molar refractivity (Wildman–Crippen MR) is 294 cm³/mol.